The van der Waals surface area contributed by atoms with Crippen LogP contribution in [-0.4, -0.2) is 31.6 Å². The summed E-state index contributed by atoms with van der Waals surface area (Å²) in [5, 5.41) is 2.70. The number of fused-ring (bicyclic) bond motifs is 1. The Hall–Kier alpha value is -4.73. The molecule has 1 amide bonds. The van der Waals surface area contributed by atoms with Crippen LogP contribution in [-0.2, 0) is 0 Å². The van der Waals surface area contributed by atoms with Crippen LogP contribution in [0.2, 0.25) is 0 Å². The summed E-state index contributed by atoms with van der Waals surface area (Å²) in [7, 11) is 0. The van der Waals surface area contributed by atoms with E-state index in [4.69, 9.17) is 4.74 Å². The Bertz CT molecular complexity index is 1620. The Labute approximate surface area is 209 Å². The second-order valence-corrected chi connectivity index (χ2v) is 8.21. The zero-order chi connectivity index (χ0) is 26.1. The maximum absolute atomic E-state index is 14.4. The maximum Gasteiger partial charge on any atom is 0.258 e. The minimum Gasteiger partial charge on any atom is -0.459 e. The first-order valence-electron chi connectivity index (χ1n) is 11.3. The van der Waals surface area contributed by atoms with Gasteiger partial charge < -0.3 is 10.1 Å². The molecule has 7 nitrogen and oxygen atoms in total. The first-order chi connectivity index (χ1) is 17.8. The number of carbonyl (C=O) groups excluding carboxylic acids is 1. The number of benzene rings is 1. The molecule has 1 aromatic carbocycles. The fourth-order valence-electron chi connectivity index (χ4n) is 3.95. The van der Waals surface area contributed by atoms with Crippen molar-refractivity contribution in [2.45, 2.75) is 20.2 Å². The quantitative estimate of drug-likeness (QED) is 0.308. The summed E-state index contributed by atoms with van der Waals surface area (Å²) in [4.78, 5) is 25.8. The third-order valence-corrected chi connectivity index (χ3v) is 5.68. The minimum atomic E-state index is -1.48. The van der Waals surface area contributed by atoms with Crippen molar-refractivity contribution in [3.8, 4) is 28.3 Å². The molecule has 5 rings (SSSR count). The van der Waals surface area contributed by atoms with Gasteiger partial charge in [-0.05, 0) is 43.3 Å². The molecule has 186 valence electrons. The van der Waals surface area contributed by atoms with E-state index in [9.17, 15) is 18.0 Å². The SMILES string of the molecule is Cc1ncc(-c2cccn3c(-c4cccc(F)c4F)ncc23)cc1C(=O)Nc1ccc(OC(C)F)cn1. The van der Waals surface area contributed by atoms with E-state index < -0.39 is 23.9 Å². The molecule has 1 atom stereocenters. The normalized spacial score (nSPS) is 11.9. The number of hydrogen-bond donors (Lipinski definition) is 1. The fourth-order valence-corrected chi connectivity index (χ4v) is 3.95. The first-order valence-corrected chi connectivity index (χ1v) is 11.3. The summed E-state index contributed by atoms with van der Waals surface area (Å²) in [6.45, 7) is 2.96. The lowest BCUT2D eigenvalue weighted by Crippen LogP contribution is -2.15. The van der Waals surface area contributed by atoms with Crippen molar-refractivity contribution in [2.75, 3.05) is 5.32 Å². The summed E-state index contributed by atoms with van der Waals surface area (Å²) >= 11 is 0. The van der Waals surface area contributed by atoms with E-state index >= 15 is 0 Å². The van der Waals surface area contributed by atoms with Crippen LogP contribution in [0.5, 0.6) is 5.75 Å². The van der Waals surface area contributed by atoms with Gasteiger partial charge in [0.15, 0.2) is 11.6 Å². The minimum absolute atomic E-state index is 0.0316. The van der Waals surface area contributed by atoms with Crippen molar-refractivity contribution in [3.05, 3.63) is 96.2 Å². The van der Waals surface area contributed by atoms with Crippen LogP contribution in [0, 0.1) is 18.6 Å². The van der Waals surface area contributed by atoms with Crippen molar-refractivity contribution in [2.24, 2.45) is 0 Å². The third-order valence-electron chi connectivity index (χ3n) is 5.68. The van der Waals surface area contributed by atoms with Gasteiger partial charge in [-0.1, -0.05) is 12.1 Å². The number of hydrogen-bond acceptors (Lipinski definition) is 5. The number of amides is 1. The number of aromatic nitrogens is 4. The largest absolute Gasteiger partial charge is 0.459 e. The van der Waals surface area contributed by atoms with Gasteiger partial charge in [-0.3, -0.25) is 14.2 Å². The van der Waals surface area contributed by atoms with Gasteiger partial charge in [0.25, 0.3) is 5.91 Å². The highest BCUT2D eigenvalue weighted by Crippen LogP contribution is 2.30. The zero-order valence-corrected chi connectivity index (χ0v) is 19.7. The molecule has 10 heteroatoms. The van der Waals surface area contributed by atoms with Crippen molar-refractivity contribution >= 4 is 17.2 Å². The van der Waals surface area contributed by atoms with Crippen molar-refractivity contribution < 1.29 is 22.7 Å². The van der Waals surface area contributed by atoms with Crippen LogP contribution in [0.3, 0.4) is 0 Å². The standard InChI is InChI=1S/C27H20F3N5O2/c1-15-21(27(36)34-24-9-8-18(13-32-24)37-16(2)28)11-17(12-31-15)19-6-4-10-35-23(19)14-33-26(35)20-5-3-7-22(29)25(20)30/h3-14,16H,1-2H3,(H,32,34,36). The number of ether oxygens (including phenoxy) is 1. The molecule has 0 fully saturated rings. The molecule has 0 spiro atoms. The van der Waals surface area contributed by atoms with Crippen LogP contribution in [0.15, 0.2) is 73.3 Å². The Morgan fingerprint density at radius 1 is 1.00 bits per heavy atom. The molecule has 0 saturated carbocycles. The summed E-state index contributed by atoms with van der Waals surface area (Å²) in [5.41, 5.74) is 2.78. The Morgan fingerprint density at radius 3 is 2.57 bits per heavy atom. The van der Waals surface area contributed by atoms with E-state index in [0.717, 1.165) is 6.07 Å². The number of nitrogens with zero attached hydrogens (tertiary/aromatic N) is 4. The lowest BCUT2D eigenvalue weighted by atomic mass is 10.0. The molecule has 5 aromatic rings. The predicted octanol–water partition coefficient (Wildman–Crippen LogP) is 5.99. The summed E-state index contributed by atoms with van der Waals surface area (Å²) in [6, 6.07) is 12.2. The van der Waals surface area contributed by atoms with Crippen molar-refractivity contribution in [1.29, 1.82) is 0 Å². The predicted molar refractivity (Wildman–Crippen MR) is 132 cm³/mol. The summed E-state index contributed by atoms with van der Waals surface area (Å²) in [6.07, 6.45) is 4.71. The molecule has 0 radical (unpaired) electrons. The number of carbonyl (C=O) groups is 1. The molecule has 0 aliphatic heterocycles. The molecule has 0 aliphatic carbocycles. The van der Waals surface area contributed by atoms with Crippen LogP contribution in [0.1, 0.15) is 23.0 Å². The van der Waals surface area contributed by atoms with Gasteiger partial charge in [0, 0.05) is 30.4 Å². The number of pyridine rings is 3. The Morgan fingerprint density at radius 2 is 1.81 bits per heavy atom. The van der Waals surface area contributed by atoms with Gasteiger partial charge in [0.2, 0.25) is 6.36 Å². The number of aryl methyl sites for hydroxylation is 1. The molecule has 0 bridgehead atoms. The van der Waals surface area contributed by atoms with E-state index in [-0.39, 0.29) is 23.0 Å². The molecular weight excluding hydrogens is 483 g/mol. The van der Waals surface area contributed by atoms with Gasteiger partial charge in [-0.25, -0.2) is 23.1 Å². The Balaban J connectivity index is 1.48. The van der Waals surface area contributed by atoms with E-state index in [1.807, 2.05) is 6.07 Å². The number of alkyl halides is 1. The third kappa shape index (κ3) is 4.73. The molecule has 1 unspecified atom stereocenters. The maximum atomic E-state index is 14.4. The van der Waals surface area contributed by atoms with E-state index in [1.165, 1.54) is 37.4 Å². The molecule has 4 heterocycles. The lowest BCUT2D eigenvalue weighted by Gasteiger charge is -2.11. The number of nitrogens with one attached hydrogen (secondary N) is 1. The molecular formula is C27H20F3N5O2. The van der Waals surface area contributed by atoms with Crippen LogP contribution in [0.4, 0.5) is 19.0 Å². The van der Waals surface area contributed by atoms with Crippen molar-refractivity contribution in [1.82, 2.24) is 19.4 Å². The van der Waals surface area contributed by atoms with Gasteiger partial charge in [-0.15, -0.1) is 0 Å². The number of halogens is 3. The highest BCUT2D eigenvalue weighted by molar-refractivity contribution is 6.05. The summed E-state index contributed by atoms with van der Waals surface area (Å²) < 4.78 is 47.8. The van der Waals surface area contributed by atoms with Gasteiger partial charge >= 0.3 is 0 Å². The van der Waals surface area contributed by atoms with Crippen LogP contribution < -0.4 is 10.1 Å². The van der Waals surface area contributed by atoms with Gasteiger partial charge in [0.05, 0.1) is 34.7 Å². The molecule has 1 N–H and O–H groups in total. The van der Waals surface area contributed by atoms with Crippen LogP contribution >= 0.6 is 0 Å². The number of anilines is 1. The smallest absolute Gasteiger partial charge is 0.258 e. The van der Waals surface area contributed by atoms with E-state index in [0.29, 0.717) is 27.9 Å². The van der Waals surface area contributed by atoms with Crippen molar-refractivity contribution in [3.63, 3.8) is 0 Å². The average molecular weight is 503 g/mol. The summed E-state index contributed by atoms with van der Waals surface area (Å²) in [5.74, 6) is -1.64. The van der Waals surface area contributed by atoms with E-state index in [2.05, 4.69) is 20.3 Å². The number of imidazole rings is 1. The van der Waals surface area contributed by atoms with Gasteiger partial charge in [0.1, 0.15) is 17.4 Å². The molecule has 4 aromatic heterocycles. The zero-order valence-electron chi connectivity index (χ0n) is 19.7. The topological polar surface area (TPSA) is 81.4 Å². The highest BCUT2D eigenvalue weighted by Gasteiger charge is 2.18. The monoisotopic (exact) mass is 503 g/mol. The molecule has 37 heavy (non-hydrogen) atoms. The number of rotatable bonds is 6. The first kappa shape index (κ1) is 24.0. The molecule has 0 saturated heterocycles. The fraction of sp³-hybridized carbons (Fsp3) is 0.111. The Kier molecular flexibility index (Phi) is 6.31. The van der Waals surface area contributed by atoms with E-state index in [1.54, 1.807) is 42.0 Å². The van der Waals surface area contributed by atoms with Crippen LogP contribution in [0.25, 0.3) is 28.0 Å². The second kappa shape index (κ2) is 9.73. The van der Waals surface area contributed by atoms with Gasteiger partial charge in [-0.2, -0.15) is 0 Å². The highest BCUT2D eigenvalue weighted by atomic mass is 19.2. The molecule has 0 aliphatic rings. The second-order valence-electron chi connectivity index (χ2n) is 8.21. The average Bonchev–Trinajstić information content (AvgIpc) is 3.31. The lowest BCUT2D eigenvalue weighted by molar-refractivity contribution is 0.0856.